The van der Waals surface area contributed by atoms with Gasteiger partial charge in [-0.15, -0.1) is 45.3 Å². The second-order valence-corrected chi connectivity index (χ2v) is 27.1. The van der Waals surface area contributed by atoms with Gasteiger partial charge in [-0.1, -0.05) is 194 Å². The summed E-state index contributed by atoms with van der Waals surface area (Å²) in [5.74, 6) is 5.13. The third-order valence-electron chi connectivity index (χ3n) is 17.2. The molecule has 0 N–H and O–H groups in total. The average molecular weight is 1280 g/mol. The van der Waals surface area contributed by atoms with Crippen molar-refractivity contribution >= 4 is 148 Å². The molecule has 0 radical (unpaired) electrons. The molecule has 0 aliphatic carbocycles. The molecule has 8 aromatic heterocycles. The van der Waals surface area contributed by atoms with E-state index in [-0.39, 0.29) is 0 Å². The van der Waals surface area contributed by atoms with Crippen LogP contribution in [0.4, 0.5) is 0 Å². The lowest BCUT2D eigenvalue weighted by atomic mass is 10.0. The first kappa shape index (κ1) is 54.2. The van der Waals surface area contributed by atoms with Gasteiger partial charge in [-0.2, -0.15) is 0 Å². The van der Waals surface area contributed by atoms with E-state index in [1.54, 1.807) is 45.3 Å². The van der Waals surface area contributed by atoms with Crippen molar-refractivity contribution in [1.29, 1.82) is 0 Å². The Morgan fingerprint density at radius 1 is 0.223 bits per heavy atom. The lowest BCUT2D eigenvalue weighted by molar-refractivity contribution is 0.620. The molecule has 0 unspecified atom stereocenters. The van der Waals surface area contributed by atoms with E-state index in [2.05, 4.69) is 170 Å². The van der Waals surface area contributed by atoms with Gasteiger partial charge in [0.2, 0.25) is 11.8 Å². The Hall–Kier alpha value is -11.5. The van der Waals surface area contributed by atoms with Crippen LogP contribution in [0.1, 0.15) is 0 Å². The van der Waals surface area contributed by atoms with Gasteiger partial charge in [0.05, 0.1) is 11.1 Å². The van der Waals surface area contributed by atoms with Crippen molar-refractivity contribution in [3.05, 3.63) is 267 Å². The quantitative estimate of drug-likeness (QED) is 0.145. The molecule has 0 atom stereocenters. The third-order valence-corrected chi connectivity index (χ3v) is 22.0. The summed E-state index contributed by atoms with van der Waals surface area (Å²) in [4.78, 5) is 40.4. The molecule has 0 aliphatic heterocycles. The van der Waals surface area contributed by atoms with E-state index in [0.717, 1.165) is 107 Å². The standard InChI is InChI=1S/2C40H22N4OS2/c1-2-11-23(12-3-1)37-42-38(44-39(43-37)28-17-8-14-25-24-13-4-7-21-32(24)46-35(25)28)27-16-10-22-33-34(27)26-15-9-18-29(36(26)47-33)40-41-30-19-5-6-20-31(30)45-40;1-2-10-23(11-3-1)37-42-38(24-20-21-26-25-12-4-7-18-32(25)46-34(26)22-24)44-39(43-37)28-14-9-19-33-35(28)27-13-8-15-29(36(27)47-33)40-41-30-16-5-6-17-31(30)45-40/h2*1-22H. The fourth-order valence-corrected chi connectivity index (χ4v) is 17.7. The van der Waals surface area contributed by atoms with Crippen LogP contribution in [0.5, 0.6) is 0 Å². The summed E-state index contributed by atoms with van der Waals surface area (Å²) in [6.07, 6.45) is 0. The molecule has 0 fully saturated rings. The Bertz CT molecular complexity index is 6340. The van der Waals surface area contributed by atoms with Crippen molar-refractivity contribution in [2.24, 2.45) is 0 Å². The van der Waals surface area contributed by atoms with E-state index in [4.69, 9.17) is 48.7 Å². The number of para-hydroxylation sites is 4. The van der Waals surface area contributed by atoms with Gasteiger partial charge >= 0.3 is 0 Å². The number of fused-ring (bicyclic) bond motifs is 14. The molecule has 0 spiro atoms. The summed E-state index contributed by atoms with van der Waals surface area (Å²) in [5, 5.41) is 9.44. The minimum atomic E-state index is 0.621. The number of oxazole rings is 2. The van der Waals surface area contributed by atoms with Crippen LogP contribution >= 0.6 is 45.3 Å². The van der Waals surface area contributed by atoms with Gasteiger partial charge in [0.15, 0.2) is 46.1 Å². The lowest BCUT2D eigenvalue weighted by Gasteiger charge is -2.10. The number of hydrogen-bond donors (Lipinski definition) is 0. The Balaban J connectivity index is 0.000000133. The predicted octanol–water partition coefficient (Wildman–Crippen LogP) is 22.8. The summed E-state index contributed by atoms with van der Waals surface area (Å²) < 4.78 is 21.9. The fraction of sp³-hybridized carbons (Fsp3) is 0. The molecular formula is C80H44N8O2S4. The van der Waals surface area contributed by atoms with Crippen molar-refractivity contribution < 1.29 is 8.83 Å². The molecule has 10 nitrogen and oxygen atoms in total. The minimum absolute atomic E-state index is 0.621. The van der Waals surface area contributed by atoms with E-state index in [0.29, 0.717) is 46.7 Å². The molecule has 20 aromatic rings. The Kier molecular flexibility index (Phi) is 12.8. The predicted molar refractivity (Wildman–Crippen MR) is 390 cm³/mol. The van der Waals surface area contributed by atoms with E-state index in [1.165, 1.54) is 40.3 Å². The van der Waals surface area contributed by atoms with Gasteiger partial charge in [0, 0.05) is 114 Å². The smallest absolute Gasteiger partial charge is 0.228 e. The monoisotopic (exact) mass is 1280 g/mol. The maximum atomic E-state index is 6.22. The largest absolute Gasteiger partial charge is 0.436 e. The highest BCUT2D eigenvalue weighted by molar-refractivity contribution is 7.27. The van der Waals surface area contributed by atoms with Crippen LogP contribution in [0.2, 0.25) is 0 Å². The maximum Gasteiger partial charge on any atom is 0.228 e. The molecule has 0 bridgehead atoms. The summed E-state index contributed by atoms with van der Waals surface area (Å²) in [6, 6.07) is 91.5. The molecule has 8 heterocycles. The molecule has 0 saturated heterocycles. The normalized spacial score (nSPS) is 11.8. The molecule has 0 aliphatic rings. The van der Waals surface area contributed by atoms with Gasteiger partial charge in [0.25, 0.3) is 0 Å². The first-order valence-corrected chi connectivity index (χ1v) is 33.9. The molecule has 94 heavy (non-hydrogen) atoms. The van der Waals surface area contributed by atoms with Crippen molar-refractivity contribution in [3.63, 3.8) is 0 Å². The molecule has 12 aromatic carbocycles. The van der Waals surface area contributed by atoms with Crippen molar-refractivity contribution in [1.82, 2.24) is 39.9 Å². The van der Waals surface area contributed by atoms with Crippen LogP contribution in [-0.2, 0) is 0 Å². The van der Waals surface area contributed by atoms with Gasteiger partial charge in [0.1, 0.15) is 11.0 Å². The van der Waals surface area contributed by atoms with Crippen molar-refractivity contribution in [3.8, 4) is 91.2 Å². The zero-order valence-corrected chi connectivity index (χ0v) is 52.7. The van der Waals surface area contributed by atoms with Crippen LogP contribution < -0.4 is 0 Å². The number of nitrogens with zero attached hydrogens (tertiary/aromatic N) is 8. The molecule has 440 valence electrons. The van der Waals surface area contributed by atoms with Crippen LogP contribution in [0.3, 0.4) is 0 Å². The summed E-state index contributed by atoms with van der Waals surface area (Å²) in [7, 11) is 0. The fourth-order valence-electron chi connectivity index (χ4n) is 12.8. The van der Waals surface area contributed by atoms with Crippen LogP contribution in [0, 0.1) is 0 Å². The number of aromatic nitrogens is 8. The average Bonchev–Trinajstić information content (AvgIpc) is 1.59. The number of hydrogen-bond acceptors (Lipinski definition) is 14. The molecule has 0 saturated carbocycles. The second-order valence-electron chi connectivity index (χ2n) is 22.8. The van der Waals surface area contributed by atoms with Gasteiger partial charge in [-0.25, -0.2) is 39.9 Å². The minimum Gasteiger partial charge on any atom is -0.436 e. The van der Waals surface area contributed by atoms with Crippen LogP contribution in [0.25, 0.3) is 194 Å². The Morgan fingerprint density at radius 2 is 0.596 bits per heavy atom. The van der Waals surface area contributed by atoms with E-state index in [1.807, 2.05) is 97.1 Å². The second kappa shape index (κ2) is 22.1. The molecule has 14 heteroatoms. The zero-order valence-electron chi connectivity index (χ0n) is 49.4. The lowest BCUT2D eigenvalue weighted by Crippen LogP contribution is -2.00. The first-order chi connectivity index (χ1) is 46.5. The zero-order chi connectivity index (χ0) is 61.8. The molecule has 0 amide bonds. The summed E-state index contributed by atoms with van der Waals surface area (Å²) in [6.45, 7) is 0. The highest BCUT2D eigenvalue weighted by Gasteiger charge is 2.24. The Labute approximate surface area is 551 Å². The maximum absolute atomic E-state index is 6.22. The molecule has 20 rings (SSSR count). The topological polar surface area (TPSA) is 129 Å². The van der Waals surface area contributed by atoms with Gasteiger partial charge in [-0.3, -0.25) is 0 Å². The first-order valence-electron chi connectivity index (χ1n) is 30.6. The summed E-state index contributed by atoms with van der Waals surface area (Å²) >= 11 is 7.05. The SMILES string of the molecule is c1ccc(-c2nc(-c3ccc4c(c3)sc3ccccc34)nc(-c3cccc4sc5c(-c6nc7ccccc7o6)cccc5c34)n2)cc1.c1ccc(-c2nc(-c3cccc4c3sc3ccccc34)nc(-c3cccc4sc5c(-c6nc7ccccc7o6)cccc5c34)n2)cc1. The third kappa shape index (κ3) is 9.17. The number of benzene rings is 12. The van der Waals surface area contributed by atoms with E-state index < -0.39 is 0 Å². The van der Waals surface area contributed by atoms with Crippen molar-refractivity contribution in [2.75, 3.05) is 0 Å². The highest BCUT2D eigenvalue weighted by Crippen LogP contribution is 2.47. The Morgan fingerprint density at radius 3 is 1.16 bits per heavy atom. The highest BCUT2D eigenvalue weighted by atomic mass is 32.1. The molecular weight excluding hydrogens is 1230 g/mol. The van der Waals surface area contributed by atoms with Gasteiger partial charge < -0.3 is 8.83 Å². The van der Waals surface area contributed by atoms with E-state index in [9.17, 15) is 0 Å². The van der Waals surface area contributed by atoms with Crippen molar-refractivity contribution in [2.45, 2.75) is 0 Å². The summed E-state index contributed by atoms with van der Waals surface area (Å²) in [5.41, 5.74) is 11.0. The number of thiophene rings is 4. The van der Waals surface area contributed by atoms with Crippen LogP contribution in [-0.4, -0.2) is 39.9 Å². The number of rotatable bonds is 8. The van der Waals surface area contributed by atoms with Gasteiger partial charge in [-0.05, 0) is 72.8 Å². The van der Waals surface area contributed by atoms with E-state index >= 15 is 0 Å². The van der Waals surface area contributed by atoms with Crippen LogP contribution in [0.15, 0.2) is 276 Å².